The molecule has 2 unspecified atom stereocenters. The molecule has 0 aromatic heterocycles. The lowest BCUT2D eigenvalue weighted by atomic mass is 10.1. The van der Waals surface area contributed by atoms with Crippen LogP contribution in [-0.4, -0.2) is 18.4 Å². The molecular formula is C20H21ClN2O2. The standard InChI is InChI=1S/C20H21ClN2O2/c1-13-6-8-18(9-7-13)23-12-16(11-19(23)24)20(25)22-14(2)15-4-3-5-17(21)10-15/h3-10,14,16H,11-12H2,1-2H3,(H,22,25). The first-order valence-electron chi connectivity index (χ1n) is 8.37. The van der Waals surface area contributed by atoms with Crippen LogP contribution in [0.15, 0.2) is 48.5 Å². The summed E-state index contributed by atoms with van der Waals surface area (Å²) >= 11 is 6.01. The zero-order valence-corrected chi connectivity index (χ0v) is 15.1. The maximum atomic E-state index is 12.6. The normalized spacial score (nSPS) is 18.3. The molecule has 0 saturated carbocycles. The van der Waals surface area contributed by atoms with E-state index in [0.29, 0.717) is 11.6 Å². The third-order valence-corrected chi connectivity index (χ3v) is 4.78. The number of hydrogen-bond donors (Lipinski definition) is 1. The molecule has 3 rings (SSSR count). The fraction of sp³-hybridized carbons (Fsp3) is 0.300. The van der Waals surface area contributed by atoms with Crippen molar-refractivity contribution in [1.82, 2.24) is 5.32 Å². The Kier molecular flexibility index (Phi) is 5.09. The molecule has 1 heterocycles. The highest BCUT2D eigenvalue weighted by atomic mass is 35.5. The van der Waals surface area contributed by atoms with E-state index in [9.17, 15) is 9.59 Å². The van der Waals surface area contributed by atoms with Gasteiger partial charge in [0.1, 0.15) is 0 Å². The van der Waals surface area contributed by atoms with Crippen molar-refractivity contribution in [3.05, 3.63) is 64.7 Å². The van der Waals surface area contributed by atoms with Crippen LogP contribution in [0.5, 0.6) is 0 Å². The van der Waals surface area contributed by atoms with Gasteiger partial charge in [-0.3, -0.25) is 9.59 Å². The highest BCUT2D eigenvalue weighted by molar-refractivity contribution is 6.30. The molecule has 4 nitrogen and oxygen atoms in total. The molecule has 130 valence electrons. The van der Waals surface area contributed by atoms with Gasteiger partial charge in [0.2, 0.25) is 11.8 Å². The second-order valence-electron chi connectivity index (χ2n) is 6.53. The molecule has 2 atom stereocenters. The van der Waals surface area contributed by atoms with Gasteiger partial charge in [0.15, 0.2) is 0 Å². The highest BCUT2D eigenvalue weighted by Gasteiger charge is 2.35. The second-order valence-corrected chi connectivity index (χ2v) is 6.96. The van der Waals surface area contributed by atoms with E-state index in [1.807, 2.05) is 56.3 Å². The average Bonchev–Trinajstić information content (AvgIpc) is 2.97. The zero-order chi connectivity index (χ0) is 18.0. The molecule has 0 bridgehead atoms. The van der Waals surface area contributed by atoms with Crippen molar-refractivity contribution in [2.45, 2.75) is 26.3 Å². The van der Waals surface area contributed by atoms with Gasteiger partial charge in [0, 0.05) is 23.7 Å². The van der Waals surface area contributed by atoms with Crippen LogP contribution in [-0.2, 0) is 9.59 Å². The molecule has 0 spiro atoms. The maximum Gasteiger partial charge on any atom is 0.227 e. The summed E-state index contributed by atoms with van der Waals surface area (Å²) in [5, 5.41) is 3.63. The van der Waals surface area contributed by atoms with Gasteiger partial charge in [-0.1, -0.05) is 41.4 Å². The Bertz CT molecular complexity index is 789. The first kappa shape index (κ1) is 17.5. The van der Waals surface area contributed by atoms with E-state index < -0.39 is 0 Å². The van der Waals surface area contributed by atoms with Crippen molar-refractivity contribution in [3.8, 4) is 0 Å². The summed E-state index contributed by atoms with van der Waals surface area (Å²) in [5.41, 5.74) is 2.93. The van der Waals surface area contributed by atoms with E-state index in [1.54, 1.807) is 11.0 Å². The molecular weight excluding hydrogens is 336 g/mol. The van der Waals surface area contributed by atoms with Gasteiger partial charge in [-0.2, -0.15) is 0 Å². The van der Waals surface area contributed by atoms with Crippen molar-refractivity contribution in [2.75, 3.05) is 11.4 Å². The molecule has 25 heavy (non-hydrogen) atoms. The van der Waals surface area contributed by atoms with Gasteiger partial charge >= 0.3 is 0 Å². The Hall–Kier alpha value is -2.33. The van der Waals surface area contributed by atoms with E-state index in [1.165, 1.54) is 0 Å². The Balaban J connectivity index is 1.65. The van der Waals surface area contributed by atoms with E-state index in [-0.39, 0.29) is 30.2 Å². The highest BCUT2D eigenvalue weighted by Crippen LogP contribution is 2.26. The quantitative estimate of drug-likeness (QED) is 0.903. The lowest BCUT2D eigenvalue weighted by molar-refractivity contribution is -0.126. The van der Waals surface area contributed by atoms with Crippen LogP contribution in [0, 0.1) is 12.8 Å². The average molecular weight is 357 g/mol. The van der Waals surface area contributed by atoms with Gasteiger partial charge < -0.3 is 10.2 Å². The number of halogens is 1. The van der Waals surface area contributed by atoms with Crippen LogP contribution in [0.25, 0.3) is 0 Å². The third kappa shape index (κ3) is 4.02. The predicted molar refractivity (Wildman–Crippen MR) is 99.6 cm³/mol. The Morgan fingerprint density at radius 1 is 1.24 bits per heavy atom. The molecule has 1 saturated heterocycles. The summed E-state index contributed by atoms with van der Waals surface area (Å²) in [5.74, 6) is -0.453. The number of aryl methyl sites for hydroxylation is 1. The summed E-state index contributed by atoms with van der Waals surface area (Å²) in [6, 6.07) is 15.0. The van der Waals surface area contributed by atoms with Crippen LogP contribution in [0.3, 0.4) is 0 Å². The van der Waals surface area contributed by atoms with Crippen LogP contribution in [0.1, 0.15) is 30.5 Å². The Morgan fingerprint density at radius 2 is 1.96 bits per heavy atom. The first-order valence-corrected chi connectivity index (χ1v) is 8.74. The second kappa shape index (κ2) is 7.28. The van der Waals surface area contributed by atoms with Crippen molar-refractivity contribution >= 4 is 29.1 Å². The van der Waals surface area contributed by atoms with Crippen molar-refractivity contribution in [1.29, 1.82) is 0 Å². The van der Waals surface area contributed by atoms with Gasteiger partial charge in [-0.25, -0.2) is 0 Å². The van der Waals surface area contributed by atoms with Gasteiger partial charge in [0.05, 0.1) is 12.0 Å². The van der Waals surface area contributed by atoms with Crippen molar-refractivity contribution < 1.29 is 9.59 Å². The third-order valence-electron chi connectivity index (χ3n) is 4.55. The van der Waals surface area contributed by atoms with E-state index in [4.69, 9.17) is 11.6 Å². The summed E-state index contributed by atoms with van der Waals surface area (Å²) < 4.78 is 0. The number of anilines is 1. The minimum absolute atomic E-state index is 0.0144. The molecule has 1 aliphatic heterocycles. The molecule has 1 fully saturated rings. The first-order chi connectivity index (χ1) is 11.9. The molecule has 2 aromatic rings. The maximum absolute atomic E-state index is 12.6. The fourth-order valence-electron chi connectivity index (χ4n) is 3.05. The molecule has 1 N–H and O–H groups in total. The molecule has 0 aliphatic carbocycles. The summed E-state index contributed by atoms with van der Waals surface area (Å²) in [4.78, 5) is 26.6. The number of nitrogens with zero attached hydrogens (tertiary/aromatic N) is 1. The Morgan fingerprint density at radius 3 is 2.64 bits per heavy atom. The van der Waals surface area contributed by atoms with Gasteiger partial charge in [0.25, 0.3) is 0 Å². The van der Waals surface area contributed by atoms with Crippen molar-refractivity contribution in [3.63, 3.8) is 0 Å². The zero-order valence-electron chi connectivity index (χ0n) is 14.3. The lowest BCUT2D eigenvalue weighted by Crippen LogP contribution is -2.34. The van der Waals surface area contributed by atoms with Crippen LogP contribution in [0.4, 0.5) is 5.69 Å². The summed E-state index contributed by atoms with van der Waals surface area (Å²) in [6.07, 6.45) is 0.238. The smallest absolute Gasteiger partial charge is 0.227 e. The monoisotopic (exact) mass is 356 g/mol. The number of nitrogens with one attached hydrogen (secondary N) is 1. The van der Waals surface area contributed by atoms with Crippen molar-refractivity contribution in [2.24, 2.45) is 5.92 Å². The molecule has 1 aliphatic rings. The predicted octanol–water partition coefficient (Wildman–Crippen LogP) is 3.88. The molecule has 0 radical (unpaired) electrons. The topological polar surface area (TPSA) is 49.4 Å². The van der Waals surface area contributed by atoms with Crippen LogP contribution < -0.4 is 10.2 Å². The summed E-state index contributed by atoms with van der Waals surface area (Å²) in [6.45, 7) is 4.33. The Labute approximate surface area is 152 Å². The number of carbonyl (C=O) groups is 2. The molecule has 5 heteroatoms. The minimum atomic E-state index is -0.338. The molecule has 2 amide bonds. The number of benzene rings is 2. The lowest BCUT2D eigenvalue weighted by Gasteiger charge is -2.19. The van der Waals surface area contributed by atoms with E-state index in [2.05, 4.69) is 5.32 Å². The number of carbonyl (C=O) groups excluding carboxylic acids is 2. The number of hydrogen-bond acceptors (Lipinski definition) is 2. The van der Waals surface area contributed by atoms with Crippen LogP contribution >= 0.6 is 11.6 Å². The van der Waals surface area contributed by atoms with Crippen LogP contribution in [0.2, 0.25) is 5.02 Å². The van der Waals surface area contributed by atoms with E-state index in [0.717, 1.165) is 16.8 Å². The molecule has 2 aromatic carbocycles. The summed E-state index contributed by atoms with van der Waals surface area (Å²) in [7, 11) is 0. The largest absolute Gasteiger partial charge is 0.349 e. The number of rotatable bonds is 4. The van der Waals surface area contributed by atoms with Gasteiger partial charge in [-0.15, -0.1) is 0 Å². The fourth-order valence-corrected chi connectivity index (χ4v) is 3.25. The SMILES string of the molecule is Cc1ccc(N2CC(C(=O)NC(C)c3cccc(Cl)c3)CC2=O)cc1. The van der Waals surface area contributed by atoms with E-state index >= 15 is 0 Å². The number of amides is 2. The van der Waals surface area contributed by atoms with Gasteiger partial charge in [-0.05, 0) is 43.7 Å². The minimum Gasteiger partial charge on any atom is -0.349 e.